The number of nitrogens with one attached hydrogen (secondary N) is 1. The Kier molecular flexibility index (Phi) is 4.98. The van der Waals surface area contributed by atoms with Crippen molar-refractivity contribution < 1.29 is 0 Å². The number of aromatic amines is 1. The molecular formula is C14H18N4O2S. The summed E-state index contributed by atoms with van der Waals surface area (Å²) in [5.41, 5.74) is 5.84. The summed E-state index contributed by atoms with van der Waals surface area (Å²) in [6, 6.07) is 9.61. The monoisotopic (exact) mass is 306 g/mol. The third kappa shape index (κ3) is 3.62. The standard InChI is InChI=1S/C14H18N4O2S/c1-3-10(11(15)9-7-5-4-6-8-9)21-14-16-12(19)13(20)17-18(14)2/h4-8,10-11H,3,15H2,1-2H3,(H,17,20). The molecule has 1 aromatic heterocycles. The summed E-state index contributed by atoms with van der Waals surface area (Å²) in [4.78, 5) is 26.4. The molecule has 0 aliphatic rings. The number of nitrogens with two attached hydrogens (primary N) is 1. The van der Waals surface area contributed by atoms with Gasteiger partial charge in [0.15, 0.2) is 5.16 Å². The molecule has 0 aliphatic carbocycles. The summed E-state index contributed by atoms with van der Waals surface area (Å²) < 4.78 is 1.45. The van der Waals surface area contributed by atoms with E-state index in [1.54, 1.807) is 7.05 Å². The van der Waals surface area contributed by atoms with E-state index in [-0.39, 0.29) is 11.3 Å². The average Bonchev–Trinajstić information content (AvgIpc) is 2.50. The SMILES string of the molecule is CCC(Sc1nc(=O)c(=O)[nH]n1C)C(N)c1ccccc1. The van der Waals surface area contributed by atoms with E-state index in [1.807, 2.05) is 37.3 Å². The number of thioether (sulfide) groups is 1. The Balaban J connectivity index is 2.26. The van der Waals surface area contributed by atoms with Crippen LogP contribution in [0, 0.1) is 0 Å². The number of hydrogen-bond donors (Lipinski definition) is 2. The minimum Gasteiger partial charge on any atom is -0.323 e. The highest BCUT2D eigenvalue weighted by atomic mass is 32.2. The van der Waals surface area contributed by atoms with Crippen molar-refractivity contribution in [2.75, 3.05) is 0 Å². The zero-order chi connectivity index (χ0) is 15.4. The van der Waals surface area contributed by atoms with E-state index in [4.69, 9.17) is 5.73 Å². The van der Waals surface area contributed by atoms with Gasteiger partial charge in [0, 0.05) is 18.3 Å². The highest BCUT2D eigenvalue weighted by Gasteiger charge is 2.21. The lowest BCUT2D eigenvalue weighted by atomic mass is 10.0. The Labute approximate surface area is 126 Å². The molecule has 21 heavy (non-hydrogen) atoms. The van der Waals surface area contributed by atoms with Crippen molar-refractivity contribution in [3.8, 4) is 0 Å². The van der Waals surface area contributed by atoms with E-state index < -0.39 is 11.1 Å². The first kappa shape index (κ1) is 15.5. The van der Waals surface area contributed by atoms with Crippen LogP contribution in [0.15, 0.2) is 45.1 Å². The van der Waals surface area contributed by atoms with Gasteiger partial charge in [0.05, 0.1) is 0 Å². The molecule has 1 heterocycles. The lowest BCUT2D eigenvalue weighted by Crippen LogP contribution is -2.34. The fourth-order valence-electron chi connectivity index (χ4n) is 2.00. The number of benzene rings is 1. The number of rotatable bonds is 5. The largest absolute Gasteiger partial charge is 0.339 e. The summed E-state index contributed by atoms with van der Waals surface area (Å²) in [5.74, 6) is 0. The van der Waals surface area contributed by atoms with Gasteiger partial charge in [0.2, 0.25) is 0 Å². The molecule has 1 aromatic carbocycles. The van der Waals surface area contributed by atoms with Crippen LogP contribution < -0.4 is 16.9 Å². The molecule has 0 spiro atoms. The number of nitrogens with zero attached hydrogens (tertiary/aromatic N) is 2. The number of aromatic nitrogens is 3. The Morgan fingerprint density at radius 2 is 2.00 bits per heavy atom. The van der Waals surface area contributed by atoms with Crippen molar-refractivity contribution in [3.05, 3.63) is 56.6 Å². The van der Waals surface area contributed by atoms with Crippen LogP contribution in [0.4, 0.5) is 0 Å². The quantitative estimate of drug-likeness (QED) is 0.636. The Hall–Kier alpha value is -1.86. The van der Waals surface area contributed by atoms with E-state index in [0.717, 1.165) is 12.0 Å². The first-order chi connectivity index (χ1) is 10.0. The molecule has 0 bridgehead atoms. The van der Waals surface area contributed by atoms with Gasteiger partial charge < -0.3 is 5.73 Å². The van der Waals surface area contributed by atoms with E-state index in [0.29, 0.717) is 5.16 Å². The van der Waals surface area contributed by atoms with Gasteiger partial charge in [-0.3, -0.25) is 19.4 Å². The average molecular weight is 306 g/mol. The number of H-pyrrole nitrogens is 1. The van der Waals surface area contributed by atoms with Gasteiger partial charge in [-0.25, -0.2) is 0 Å². The van der Waals surface area contributed by atoms with Crippen LogP contribution in [0.3, 0.4) is 0 Å². The normalized spacial score (nSPS) is 13.9. The first-order valence-electron chi connectivity index (χ1n) is 6.67. The van der Waals surface area contributed by atoms with Gasteiger partial charge in [-0.2, -0.15) is 4.98 Å². The second kappa shape index (κ2) is 6.73. The van der Waals surface area contributed by atoms with Gasteiger partial charge >= 0.3 is 11.1 Å². The van der Waals surface area contributed by atoms with Crippen LogP contribution in [0.1, 0.15) is 24.9 Å². The van der Waals surface area contributed by atoms with Gasteiger partial charge in [0.25, 0.3) is 0 Å². The number of hydrogen-bond acceptors (Lipinski definition) is 5. The molecule has 6 nitrogen and oxygen atoms in total. The van der Waals surface area contributed by atoms with Crippen LogP contribution in [-0.2, 0) is 7.05 Å². The Morgan fingerprint density at radius 1 is 1.33 bits per heavy atom. The molecule has 3 N–H and O–H groups in total. The van der Waals surface area contributed by atoms with Crippen molar-refractivity contribution in [3.63, 3.8) is 0 Å². The van der Waals surface area contributed by atoms with Crippen molar-refractivity contribution in [1.29, 1.82) is 0 Å². The summed E-state index contributed by atoms with van der Waals surface area (Å²) in [6.45, 7) is 2.03. The lowest BCUT2D eigenvalue weighted by molar-refractivity contribution is 0.587. The fraction of sp³-hybridized carbons (Fsp3) is 0.357. The maximum atomic E-state index is 11.4. The Bertz CT molecular complexity index is 711. The van der Waals surface area contributed by atoms with Crippen molar-refractivity contribution in [2.24, 2.45) is 12.8 Å². The zero-order valence-corrected chi connectivity index (χ0v) is 12.8. The zero-order valence-electron chi connectivity index (χ0n) is 11.9. The second-order valence-electron chi connectivity index (χ2n) is 4.70. The molecule has 2 unspecified atom stereocenters. The predicted octanol–water partition coefficient (Wildman–Crippen LogP) is 1.04. The molecule has 7 heteroatoms. The van der Waals surface area contributed by atoms with Gasteiger partial charge in [-0.1, -0.05) is 49.0 Å². The molecule has 2 aromatic rings. The van der Waals surface area contributed by atoms with Crippen LogP contribution in [0.5, 0.6) is 0 Å². The lowest BCUT2D eigenvalue weighted by Gasteiger charge is -2.22. The van der Waals surface area contributed by atoms with E-state index in [1.165, 1.54) is 16.4 Å². The van der Waals surface area contributed by atoms with Crippen LogP contribution in [-0.4, -0.2) is 20.0 Å². The minimum atomic E-state index is -0.779. The van der Waals surface area contributed by atoms with E-state index in [2.05, 4.69) is 10.1 Å². The Morgan fingerprint density at radius 3 is 2.62 bits per heavy atom. The van der Waals surface area contributed by atoms with Crippen LogP contribution >= 0.6 is 11.8 Å². The van der Waals surface area contributed by atoms with Crippen molar-refractivity contribution >= 4 is 11.8 Å². The maximum Gasteiger partial charge on any atom is 0.339 e. The number of aryl methyl sites for hydroxylation is 1. The van der Waals surface area contributed by atoms with Crippen LogP contribution in [0.2, 0.25) is 0 Å². The molecule has 0 radical (unpaired) electrons. The topological polar surface area (TPSA) is 93.8 Å². The van der Waals surface area contributed by atoms with Crippen LogP contribution in [0.25, 0.3) is 0 Å². The fourth-order valence-corrected chi connectivity index (χ4v) is 3.08. The van der Waals surface area contributed by atoms with Crippen molar-refractivity contribution in [2.45, 2.75) is 29.8 Å². The summed E-state index contributed by atoms with van der Waals surface area (Å²) in [7, 11) is 1.65. The third-order valence-corrected chi connectivity index (χ3v) is 4.70. The first-order valence-corrected chi connectivity index (χ1v) is 7.55. The molecular weight excluding hydrogens is 288 g/mol. The molecule has 0 saturated carbocycles. The molecule has 112 valence electrons. The molecule has 0 saturated heterocycles. The molecule has 0 amide bonds. The smallest absolute Gasteiger partial charge is 0.323 e. The second-order valence-corrected chi connectivity index (χ2v) is 5.91. The minimum absolute atomic E-state index is 0.0522. The maximum absolute atomic E-state index is 11.4. The summed E-state index contributed by atoms with van der Waals surface area (Å²) in [6.07, 6.45) is 0.815. The van der Waals surface area contributed by atoms with E-state index >= 15 is 0 Å². The predicted molar refractivity (Wildman–Crippen MR) is 83.4 cm³/mol. The third-order valence-electron chi connectivity index (χ3n) is 3.19. The van der Waals surface area contributed by atoms with Crippen molar-refractivity contribution in [1.82, 2.24) is 14.8 Å². The molecule has 2 atom stereocenters. The highest BCUT2D eigenvalue weighted by molar-refractivity contribution is 7.99. The molecule has 2 rings (SSSR count). The van der Waals surface area contributed by atoms with Gasteiger partial charge in [-0.15, -0.1) is 0 Å². The van der Waals surface area contributed by atoms with Gasteiger partial charge in [0.1, 0.15) is 0 Å². The van der Waals surface area contributed by atoms with Gasteiger partial charge in [-0.05, 0) is 12.0 Å². The molecule has 0 aliphatic heterocycles. The summed E-state index contributed by atoms with van der Waals surface area (Å²) in [5, 5.41) is 2.95. The highest BCUT2D eigenvalue weighted by Crippen LogP contribution is 2.30. The van der Waals surface area contributed by atoms with E-state index in [9.17, 15) is 9.59 Å². The molecule has 0 fully saturated rings. The summed E-state index contributed by atoms with van der Waals surface area (Å²) >= 11 is 1.40.